The summed E-state index contributed by atoms with van der Waals surface area (Å²) in [6.07, 6.45) is 1.15. The second-order valence-corrected chi connectivity index (χ2v) is 9.00. The summed E-state index contributed by atoms with van der Waals surface area (Å²) in [4.78, 5) is 16.4. The summed E-state index contributed by atoms with van der Waals surface area (Å²) in [6, 6.07) is 6.29. The highest BCUT2D eigenvalue weighted by molar-refractivity contribution is 5.80. The Bertz CT molecular complexity index is 986. The van der Waals surface area contributed by atoms with Gasteiger partial charge in [-0.05, 0) is 35.1 Å². The van der Waals surface area contributed by atoms with Crippen molar-refractivity contribution in [2.75, 3.05) is 14.2 Å². The minimum atomic E-state index is -1.03. The number of aliphatic hydroxyl groups excluding tert-OH is 2. The molecular weight excluding hydrogens is 437 g/mol. The van der Waals surface area contributed by atoms with Crippen LogP contribution in [0.15, 0.2) is 30.3 Å². The first-order chi connectivity index (χ1) is 16.1. The summed E-state index contributed by atoms with van der Waals surface area (Å²) < 4.78 is 23.8. The van der Waals surface area contributed by atoms with E-state index >= 15 is 0 Å². The standard InChI is InChI=1S/C27H36FNO5/c1-16(2)26-22(12-11-20(30)13-21(31)14-24(32)34-6)25(18-7-9-19(28)10-8-18)23(15-33-5)27(29-26)17(3)4/h7-12,16-17,20-21,30-31H,13-15H2,1-6H3/b12-11+/t20-,21-/m1/s1. The van der Waals surface area contributed by atoms with E-state index in [1.54, 1.807) is 31.4 Å². The molecule has 0 spiro atoms. The van der Waals surface area contributed by atoms with Crippen LogP contribution in [0, 0.1) is 5.82 Å². The number of ether oxygens (including phenoxy) is 2. The lowest BCUT2D eigenvalue weighted by Gasteiger charge is -2.23. The maximum atomic E-state index is 13.7. The molecule has 2 N–H and O–H groups in total. The van der Waals surface area contributed by atoms with Gasteiger partial charge in [-0.15, -0.1) is 0 Å². The summed E-state index contributed by atoms with van der Waals surface area (Å²) in [5.74, 6) is -0.651. The Hall–Kier alpha value is -2.61. The van der Waals surface area contributed by atoms with Crippen molar-refractivity contribution < 1.29 is 28.9 Å². The van der Waals surface area contributed by atoms with E-state index in [1.807, 2.05) is 13.8 Å². The van der Waals surface area contributed by atoms with Gasteiger partial charge in [0.05, 0.1) is 38.0 Å². The summed E-state index contributed by atoms with van der Waals surface area (Å²) in [7, 11) is 2.87. The van der Waals surface area contributed by atoms with Crippen molar-refractivity contribution in [1.82, 2.24) is 4.98 Å². The molecule has 1 aromatic carbocycles. The third-order valence-electron chi connectivity index (χ3n) is 5.54. The molecule has 2 aromatic rings. The lowest BCUT2D eigenvalue weighted by atomic mass is 9.87. The Morgan fingerprint density at radius 1 is 1.06 bits per heavy atom. The molecule has 0 bridgehead atoms. The van der Waals surface area contributed by atoms with E-state index in [2.05, 4.69) is 18.6 Å². The summed E-state index contributed by atoms with van der Waals surface area (Å²) in [6.45, 7) is 8.56. The van der Waals surface area contributed by atoms with Gasteiger partial charge in [0, 0.05) is 30.4 Å². The van der Waals surface area contributed by atoms with Crippen LogP contribution in [0.2, 0.25) is 0 Å². The normalized spacial score (nSPS) is 13.6. The van der Waals surface area contributed by atoms with E-state index in [-0.39, 0.29) is 30.5 Å². The quantitative estimate of drug-likeness (QED) is 0.448. The van der Waals surface area contributed by atoms with Gasteiger partial charge in [-0.2, -0.15) is 0 Å². The maximum Gasteiger partial charge on any atom is 0.308 e. The fraction of sp³-hybridized carbons (Fsp3) is 0.481. The number of benzene rings is 1. The topological polar surface area (TPSA) is 88.9 Å². The van der Waals surface area contributed by atoms with E-state index in [0.29, 0.717) is 6.61 Å². The third-order valence-corrected chi connectivity index (χ3v) is 5.54. The van der Waals surface area contributed by atoms with Crippen molar-refractivity contribution in [3.63, 3.8) is 0 Å². The number of nitrogens with zero attached hydrogens (tertiary/aromatic N) is 1. The number of pyridine rings is 1. The smallest absolute Gasteiger partial charge is 0.308 e. The Balaban J connectivity index is 2.64. The zero-order chi connectivity index (χ0) is 25.4. The number of hydrogen-bond acceptors (Lipinski definition) is 6. The highest BCUT2D eigenvalue weighted by Gasteiger charge is 2.23. The molecule has 1 heterocycles. The number of hydrogen-bond donors (Lipinski definition) is 2. The van der Waals surface area contributed by atoms with Crippen LogP contribution in [0.5, 0.6) is 0 Å². The summed E-state index contributed by atoms with van der Waals surface area (Å²) >= 11 is 0. The second-order valence-electron chi connectivity index (χ2n) is 9.00. The van der Waals surface area contributed by atoms with Gasteiger partial charge in [0.15, 0.2) is 0 Å². The average Bonchev–Trinajstić information content (AvgIpc) is 2.77. The predicted molar refractivity (Wildman–Crippen MR) is 131 cm³/mol. The number of rotatable bonds is 11. The van der Waals surface area contributed by atoms with E-state index < -0.39 is 18.2 Å². The Morgan fingerprint density at radius 3 is 2.21 bits per heavy atom. The van der Waals surface area contributed by atoms with Crippen LogP contribution < -0.4 is 0 Å². The molecule has 0 fully saturated rings. The average molecular weight is 474 g/mol. The minimum Gasteiger partial charge on any atom is -0.469 e. The van der Waals surface area contributed by atoms with Crippen molar-refractivity contribution in [2.24, 2.45) is 0 Å². The van der Waals surface area contributed by atoms with Crippen LogP contribution in [0.3, 0.4) is 0 Å². The maximum absolute atomic E-state index is 13.7. The minimum absolute atomic E-state index is 0.0169. The first-order valence-electron chi connectivity index (χ1n) is 11.5. The second kappa shape index (κ2) is 12.7. The molecule has 2 atom stereocenters. The third kappa shape index (κ3) is 7.19. The number of methoxy groups -OCH3 is 2. The first kappa shape index (κ1) is 27.6. The zero-order valence-electron chi connectivity index (χ0n) is 20.8. The van der Waals surface area contributed by atoms with Crippen LogP contribution in [0.1, 0.15) is 74.9 Å². The molecular formula is C27H36FNO5. The largest absolute Gasteiger partial charge is 0.469 e. The fourth-order valence-corrected chi connectivity index (χ4v) is 3.92. The SMILES string of the molecule is COCc1c(C(C)C)nc(C(C)C)c(/C=C/[C@@H](O)C[C@@H](O)CC(=O)OC)c1-c1ccc(F)cc1. The van der Waals surface area contributed by atoms with E-state index in [9.17, 15) is 19.4 Å². The molecule has 0 saturated heterocycles. The fourth-order valence-electron chi connectivity index (χ4n) is 3.92. The van der Waals surface area contributed by atoms with Gasteiger partial charge in [-0.1, -0.05) is 52.0 Å². The van der Waals surface area contributed by atoms with Gasteiger partial charge in [0.25, 0.3) is 0 Å². The van der Waals surface area contributed by atoms with Crippen LogP contribution in [0.25, 0.3) is 17.2 Å². The molecule has 0 aliphatic heterocycles. The van der Waals surface area contributed by atoms with Crippen molar-refractivity contribution in [3.05, 3.63) is 58.7 Å². The van der Waals surface area contributed by atoms with E-state index in [4.69, 9.17) is 9.72 Å². The summed E-state index contributed by atoms with van der Waals surface area (Å²) in [5.41, 5.74) is 5.17. The zero-order valence-corrected chi connectivity index (χ0v) is 20.8. The Kier molecular flexibility index (Phi) is 10.4. The molecule has 2 rings (SSSR count). The monoisotopic (exact) mass is 473 g/mol. The number of halogens is 1. The Labute approximate surface area is 201 Å². The lowest BCUT2D eigenvalue weighted by Crippen LogP contribution is -2.20. The molecule has 0 unspecified atom stereocenters. The van der Waals surface area contributed by atoms with Crippen molar-refractivity contribution >= 4 is 12.0 Å². The highest BCUT2D eigenvalue weighted by Crippen LogP contribution is 2.38. The number of carbonyl (C=O) groups excluding carboxylic acids is 1. The molecule has 6 nitrogen and oxygen atoms in total. The van der Waals surface area contributed by atoms with Gasteiger partial charge in [-0.3, -0.25) is 9.78 Å². The number of carbonyl (C=O) groups is 1. The molecule has 34 heavy (non-hydrogen) atoms. The van der Waals surface area contributed by atoms with E-state index in [1.165, 1.54) is 19.2 Å². The van der Waals surface area contributed by atoms with Gasteiger partial charge >= 0.3 is 5.97 Å². The first-order valence-corrected chi connectivity index (χ1v) is 11.5. The Morgan fingerprint density at radius 2 is 1.68 bits per heavy atom. The van der Waals surface area contributed by atoms with Crippen LogP contribution >= 0.6 is 0 Å². The number of aromatic nitrogens is 1. The molecule has 7 heteroatoms. The molecule has 0 amide bonds. The van der Waals surface area contributed by atoms with Crippen LogP contribution in [0.4, 0.5) is 4.39 Å². The van der Waals surface area contributed by atoms with Crippen LogP contribution in [-0.2, 0) is 20.9 Å². The van der Waals surface area contributed by atoms with Gasteiger partial charge in [-0.25, -0.2) is 4.39 Å². The van der Waals surface area contributed by atoms with Crippen molar-refractivity contribution in [3.8, 4) is 11.1 Å². The van der Waals surface area contributed by atoms with Gasteiger partial charge in [0.2, 0.25) is 0 Å². The molecule has 1 aromatic heterocycles. The van der Waals surface area contributed by atoms with Gasteiger partial charge < -0.3 is 19.7 Å². The highest BCUT2D eigenvalue weighted by atomic mass is 19.1. The number of aliphatic hydroxyl groups is 2. The van der Waals surface area contributed by atoms with Crippen LogP contribution in [-0.4, -0.2) is 47.6 Å². The molecule has 186 valence electrons. The van der Waals surface area contributed by atoms with Crippen molar-refractivity contribution in [1.29, 1.82) is 0 Å². The molecule has 0 radical (unpaired) electrons. The van der Waals surface area contributed by atoms with Gasteiger partial charge in [0.1, 0.15) is 5.82 Å². The van der Waals surface area contributed by atoms with Crippen molar-refractivity contribution in [2.45, 2.75) is 71.2 Å². The van der Waals surface area contributed by atoms with E-state index in [0.717, 1.165) is 33.6 Å². The lowest BCUT2D eigenvalue weighted by molar-refractivity contribution is -0.143. The predicted octanol–water partition coefficient (Wildman–Crippen LogP) is 4.97. The number of esters is 1. The molecule has 0 aliphatic rings. The summed E-state index contributed by atoms with van der Waals surface area (Å²) in [5, 5.41) is 20.6. The molecule has 0 saturated carbocycles. The molecule has 0 aliphatic carbocycles.